The van der Waals surface area contributed by atoms with E-state index in [1.165, 1.54) is 17.7 Å². The number of hydrogen-bond donors (Lipinski definition) is 1. The fraction of sp³-hybridized carbons (Fsp3) is 0.462. The molecule has 1 unspecified atom stereocenters. The monoisotopic (exact) mass is 280 g/mol. The van der Waals surface area contributed by atoms with Gasteiger partial charge < -0.3 is 14.3 Å². The summed E-state index contributed by atoms with van der Waals surface area (Å²) in [6, 6.07) is 6.67. The first-order valence-electron chi connectivity index (χ1n) is 6.25. The molecule has 1 saturated heterocycles. The van der Waals surface area contributed by atoms with Crippen molar-refractivity contribution in [2.75, 3.05) is 18.1 Å². The van der Waals surface area contributed by atoms with Gasteiger partial charge >= 0.3 is 0 Å². The molecule has 1 aliphatic heterocycles. The predicted molar refractivity (Wildman–Crippen MR) is 79.3 cm³/mol. The maximum absolute atomic E-state index is 5.65. The van der Waals surface area contributed by atoms with Crippen LogP contribution in [-0.2, 0) is 0 Å². The maximum Gasteiger partial charge on any atom is 0.178 e. The van der Waals surface area contributed by atoms with E-state index < -0.39 is 0 Å². The molecular weight excluding hydrogens is 264 g/mol. The van der Waals surface area contributed by atoms with Crippen LogP contribution >= 0.6 is 24.0 Å². The number of hydrogen-bond acceptors (Lipinski definition) is 3. The number of rotatable bonds is 3. The molecule has 1 atom stereocenters. The Labute approximate surface area is 116 Å². The Morgan fingerprint density at radius 3 is 3.17 bits per heavy atom. The minimum atomic E-state index is 0.521. The van der Waals surface area contributed by atoms with Gasteiger partial charge in [-0.1, -0.05) is 6.07 Å². The number of para-hydroxylation sites is 1. The summed E-state index contributed by atoms with van der Waals surface area (Å²) < 4.78 is 8.72. The molecule has 3 nitrogen and oxygen atoms in total. The van der Waals surface area contributed by atoms with Crippen LogP contribution in [0, 0.1) is 4.77 Å². The molecule has 1 aromatic heterocycles. The molecule has 0 radical (unpaired) electrons. The van der Waals surface area contributed by atoms with Crippen molar-refractivity contribution in [2.45, 2.75) is 19.4 Å². The average Bonchev–Trinajstić information content (AvgIpc) is 2.96. The molecule has 18 heavy (non-hydrogen) atoms. The zero-order valence-electron chi connectivity index (χ0n) is 10.3. The lowest BCUT2D eigenvalue weighted by Crippen LogP contribution is -2.07. The van der Waals surface area contributed by atoms with Crippen molar-refractivity contribution in [2.24, 2.45) is 0 Å². The van der Waals surface area contributed by atoms with Crippen molar-refractivity contribution >= 4 is 35.0 Å². The minimum Gasteiger partial charge on any atom is -0.492 e. The first-order valence-corrected chi connectivity index (χ1v) is 7.81. The molecule has 1 fully saturated rings. The van der Waals surface area contributed by atoms with Crippen molar-refractivity contribution in [3.05, 3.63) is 23.0 Å². The van der Waals surface area contributed by atoms with Gasteiger partial charge in [0.2, 0.25) is 0 Å². The molecule has 0 saturated carbocycles. The summed E-state index contributed by atoms with van der Waals surface area (Å²) in [5, 5.41) is 0. The number of fused-ring (bicyclic) bond motifs is 1. The van der Waals surface area contributed by atoms with Gasteiger partial charge in [0.25, 0.3) is 0 Å². The topological polar surface area (TPSA) is 29.9 Å². The van der Waals surface area contributed by atoms with E-state index in [0.717, 1.165) is 21.8 Å². The van der Waals surface area contributed by atoms with E-state index in [4.69, 9.17) is 17.0 Å². The Bertz CT molecular complexity index is 611. The summed E-state index contributed by atoms with van der Waals surface area (Å²) >= 11 is 7.48. The van der Waals surface area contributed by atoms with Crippen molar-refractivity contribution in [3.63, 3.8) is 0 Å². The van der Waals surface area contributed by atoms with E-state index in [1.807, 2.05) is 30.8 Å². The van der Waals surface area contributed by atoms with Gasteiger partial charge in [-0.3, -0.25) is 0 Å². The normalized spacial score (nSPS) is 19.5. The Kier molecular flexibility index (Phi) is 3.35. The van der Waals surface area contributed by atoms with Crippen LogP contribution in [0.3, 0.4) is 0 Å². The van der Waals surface area contributed by atoms with Crippen molar-refractivity contribution in [1.29, 1.82) is 0 Å². The Hall–Kier alpha value is -0.940. The second kappa shape index (κ2) is 4.97. The van der Waals surface area contributed by atoms with Gasteiger partial charge in [0.1, 0.15) is 11.3 Å². The van der Waals surface area contributed by atoms with Gasteiger partial charge in [0.05, 0.1) is 12.1 Å². The number of thioether (sulfide) groups is 1. The molecule has 96 valence electrons. The number of H-pyrrole nitrogens is 1. The number of aromatic nitrogens is 2. The molecule has 2 aromatic rings. The lowest BCUT2D eigenvalue weighted by atomic mass is 10.2. The molecular formula is C13H16N2OS2. The molecule has 0 spiro atoms. The zero-order valence-corrected chi connectivity index (χ0v) is 11.9. The van der Waals surface area contributed by atoms with Crippen LogP contribution in [0.2, 0.25) is 0 Å². The van der Waals surface area contributed by atoms with Crippen molar-refractivity contribution < 1.29 is 4.74 Å². The van der Waals surface area contributed by atoms with Gasteiger partial charge in [0.15, 0.2) is 4.77 Å². The summed E-state index contributed by atoms with van der Waals surface area (Å²) in [5.41, 5.74) is 2.19. The molecule has 0 amide bonds. The number of ether oxygens (including phenoxy) is 1. The average molecular weight is 280 g/mol. The molecule has 2 heterocycles. The highest BCUT2D eigenvalue weighted by Crippen LogP contribution is 2.33. The Morgan fingerprint density at radius 2 is 2.44 bits per heavy atom. The lowest BCUT2D eigenvalue weighted by Gasteiger charge is -2.12. The van der Waals surface area contributed by atoms with E-state index in [-0.39, 0.29) is 0 Å². The highest BCUT2D eigenvalue weighted by molar-refractivity contribution is 7.99. The third-order valence-electron chi connectivity index (χ3n) is 3.29. The first-order chi connectivity index (χ1) is 8.81. The summed E-state index contributed by atoms with van der Waals surface area (Å²) in [6.07, 6.45) is 1.20. The highest BCUT2D eigenvalue weighted by atomic mass is 32.2. The van der Waals surface area contributed by atoms with Gasteiger partial charge in [-0.05, 0) is 43.4 Å². The van der Waals surface area contributed by atoms with Gasteiger partial charge in [0, 0.05) is 11.8 Å². The van der Waals surface area contributed by atoms with Crippen LogP contribution in [0.5, 0.6) is 5.75 Å². The van der Waals surface area contributed by atoms with E-state index in [1.54, 1.807) is 0 Å². The van der Waals surface area contributed by atoms with Gasteiger partial charge in [-0.2, -0.15) is 11.8 Å². The number of benzene rings is 1. The highest BCUT2D eigenvalue weighted by Gasteiger charge is 2.21. The maximum atomic E-state index is 5.65. The second-order valence-electron chi connectivity index (χ2n) is 4.40. The fourth-order valence-electron chi connectivity index (χ4n) is 2.49. The number of nitrogens with one attached hydrogen (secondary N) is 1. The fourth-order valence-corrected chi connectivity index (χ4v) is 4.03. The zero-order chi connectivity index (χ0) is 12.5. The molecule has 1 aromatic carbocycles. The third-order valence-corrected chi connectivity index (χ3v) is 4.73. The Balaban J connectivity index is 2.17. The minimum absolute atomic E-state index is 0.521. The van der Waals surface area contributed by atoms with Crippen LogP contribution in [0.1, 0.15) is 19.4 Å². The number of nitrogens with zero attached hydrogens (tertiary/aromatic N) is 1. The smallest absolute Gasteiger partial charge is 0.178 e. The van der Waals surface area contributed by atoms with Crippen LogP contribution in [-0.4, -0.2) is 27.7 Å². The molecule has 1 N–H and O–H groups in total. The summed E-state index contributed by atoms with van der Waals surface area (Å²) in [6.45, 7) is 2.67. The summed E-state index contributed by atoms with van der Waals surface area (Å²) in [4.78, 5) is 3.30. The van der Waals surface area contributed by atoms with Gasteiger partial charge in [-0.25, -0.2) is 0 Å². The SMILES string of the molecule is CCOc1cccc2c1[nH]c(=S)n2C1CCSC1. The molecule has 0 bridgehead atoms. The lowest BCUT2D eigenvalue weighted by molar-refractivity contribution is 0.343. The van der Waals surface area contributed by atoms with Crippen LogP contribution in [0.25, 0.3) is 11.0 Å². The van der Waals surface area contributed by atoms with Crippen molar-refractivity contribution in [1.82, 2.24) is 9.55 Å². The Morgan fingerprint density at radius 1 is 1.56 bits per heavy atom. The summed E-state index contributed by atoms with van der Waals surface area (Å²) in [5.74, 6) is 3.27. The van der Waals surface area contributed by atoms with Gasteiger partial charge in [-0.15, -0.1) is 0 Å². The van der Waals surface area contributed by atoms with Crippen LogP contribution < -0.4 is 4.74 Å². The quantitative estimate of drug-likeness (QED) is 0.868. The molecule has 3 rings (SSSR count). The number of imidazole rings is 1. The first kappa shape index (κ1) is 12.1. The van der Waals surface area contributed by atoms with E-state index >= 15 is 0 Å². The van der Waals surface area contributed by atoms with Crippen molar-refractivity contribution in [3.8, 4) is 5.75 Å². The molecule has 0 aliphatic carbocycles. The standard InChI is InChI=1S/C13H16N2OS2/c1-2-16-11-5-3-4-10-12(11)14-13(17)15(10)9-6-7-18-8-9/h3-5,9H,2,6-8H2,1H3,(H,14,17). The second-order valence-corrected chi connectivity index (χ2v) is 5.94. The summed E-state index contributed by atoms with van der Waals surface area (Å²) in [7, 11) is 0. The molecule has 5 heteroatoms. The number of aromatic amines is 1. The largest absolute Gasteiger partial charge is 0.492 e. The van der Waals surface area contributed by atoms with E-state index in [9.17, 15) is 0 Å². The van der Waals surface area contributed by atoms with E-state index in [0.29, 0.717) is 12.6 Å². The van der Waals surface area contributed by atoms with Crippen LogP contribution in [0.15, 0.2) is 18.2 Å². The molecule has 1 aliphatic rings. The third kappa shape index (κ3) is 1.95. The van der Waals surface area contributed by atoms with E-state index in [2.05, 4.69) is 15.6 Å². The van der Waals surface area contributed by atoms with Crippen LogP contribution in [0.4, 0.5) is 0 Å². The predicted octanol–water partition coefficient (Wildman–Crippen LogP) is 3.78.